The van der Waals surface area contributed by atoms with Gasteiger partial charge in [-0.2, -0.15) is 0 Å². The normalized spacial score (nSPS) is 10.4. The van der Waals surface area contributed by atoms with Crippen LogP contribution in [0.15, 0.2) is 72.8 Å². The van der Waals surface area contributed by atoms with Gasteiger partial charge in [0.05, 0.1) is 16.7 Å². The molecule has 0 fully saturated rings. The predicted molar refractivity (Wildman–Crippen MR) is 111 cm³/mol. The van der Waals surface area contributed by atoms with Gasteiger partial charge in [0.25, 0.3) is 0 Å². The molecular weight excluding hydrogens is 404 g/mol. The highest BCUT2D eigenvalue weighted by Crippen LogP contribution is 2.18. The van der Waals surface area contributed by atoms with Crippen LogP contribution in [0.2, 0.25) is 0 Å². The number of hydrogen-bond donors (Lipinski definition) is 3. The van der Waals surface area contributed by atoms with Crippen LogP contribution in [0.3, 0.4) is 0 Å². The third-order valence-corrected chi connectivity index (χ3v) is 4.01. The molecular formula is C21H18N4O6. The van der Waals surface area contributed by atoms with Crippen molar-refractivity contribution in [3.8, 4) is 0 Å². The number of nitrogens with two attached hydrogens (primary N) is 3. The fourth-order valence-corrected chi connectivity index (χ4v) is 2.46. The van der Waals surface area contributed by atoms with E-state index in [2.05, 4.69) is 0 Å². The van der Waals surface area contributed by atoms with Crippen LogP contribution in [0.1, 0.15) is 31.1 Å². The fraction of sp³-hybridized carbons (Fsp3) is 0. The Kier molecular flexibility index (Phi) is 6.33. The van der Waals surface area contributed by atoms with Crippen LogP contribution >= 0.6 is 0 Å². The lowest BCUT2D eigenvalue weighted by atomic mass is 10.2. The first-order valence-corrected chi connectivity index (χ1v) is 8.87. The highest BCUT2D eigenvalue weighted by atomic mass is 17.2. The van der Waals surface area contributed by atoms with Crippen molar-refractivity contribution in [2.45, 2.75) is 0 Å². The van der Waals surface area contributed by atoms with Crippen LogP contribution in [0.5, 0.6) is 0 Å². The third-order valence-electron chi connectivity index (χ3n) is 4.01. The summed E-state index contributed by atoms with van der Waals surface area (Å²) in [5, 5.41) is -0.0156. The zero-order valence-corrected chi connectivity index (χ0v) is 16.1. The summed E-state index contributed by atoms with van der Waals surface area (Å²) < 4.78 is 0. The monoisotopic (exact) mass is 422 g/mol. The van der Waals surface area contributed by atoms with E-state index >= 15 is 0 Å². The molecule has 10 nitrogen and oxygen atoms in total. The lowest BCUT2D eigenvalue weighted by Crippen LogP contribution is -2.33. The zero-order valence-electron chi connectivity index (χ0n) is 16.1. The number of para-hydroxylation sites is 3. The molecule has 6 N–H and O–H groups in total. The molecule has 158 valence electrons. The van der Waals surface area contributed by atoms with Crippen molar-refractivity contribution in [1.82, 2.24) is 5.39 Å². The SMILES string of the molecule is Nc1ccccc1C(=O)ON(OC(=O)c1ccccc1N)OC(=O)c1ccccc1N. The second-order valence-corrected chi connectivity index (χ2v) is 6.12. The Morgan fingerprint density at radius 1 is 0.516 bits per heavy atom. The van der Waals surface area contributed by atoms with Gasteiger partial charge in [0.1, 0.15) is 0 Å². The first-order valence-electron chi connectivity index (χ1n) is 8.87. The largest absolute Gasteiger partial charge is 0.398 e. The maximum absolute atomic E-state index is 12.5. The average Bonchev–Trinajstić information content (AvgIpc) is 2.74. The van der Waals surface area contributed by atoms with Crippen LogP contribution in [0.25, 0.3) is 0 Å². The summed E-state index contributed by atoms with van der Waals surface area (Å²) in [6.07, 6.45) is 0. The lowest BCUT2D eigenvalue weighted by Gasteiger charge is -2.18. The molecule has 3 aromatic rings. The molecule has 0 spiro atoms. The number of nitrogens with zero attached hydrogens (tertiary/aromatic N) is 1. The second kappa shape index (κ2) is 9.29. The van der Waals surface area contributed by atoms with Crippen molar-refractivity contribution in [2.24, 2.45) is 0 Å². The summed E-state index contributed by atoms with van der Waals surface area (Å²) in [6, 6.07) is 18.0. The number of benzene rings is 3. The van der Waals surface area contributed by atoms with Gasteiger partial charge in [0.15, 0.2) is 0 Å². The molecule has 0 aliphatic carbocycles. The Balaban J connectivity index is 1.84. The van der Waals surface area contributed by atoms with Gasteiger partial charge in [-0.05, 0) is 36.4 Å². The van der Waals surface area contributed by atoms with Crippen molar-refractivity contribution in [3.63, 3.8) is 0 Å². The molecule has 31 heavy (non-hydrogen) atoms. The molecule has 0 unspecified atom stereocenters. The standard InChI is InChI=1S/C21H18N4O6/c22-16-10-4-1-7-13(16)19(26)29-25(30-20(27)14-8-2-5-11-17(14)23)31-21(28)15-9-3-6-12-18(15)24/h1-12H,22-24H2. The summed E-state index contributed by atoms with van der Waals surface area (Å²) in [5.74, 6) is -3.12. The minimum Gasteiger partial charge on any atom is -0.398 e. The van der Waals surface area contributed by atoms with Crippen LogP contribution in [-0.2, 0) is 14.5 Å². The molecule has 0 radical (unpaired) electrons. The third kappa shape index (κ3) is 5.08. The molecule has 0 amide bonds. The van der Waals surface area contributed by atoms with E-state index in [-0.39, 0.29) is 39.1 Å². The van der Waals surface area contributed by atoms with Crippen LogP contribution in [0.4, 0.5) is 17.1 Å². The summed E-state index contributed by atoms with van der Waals surface area (Å²) in [7, 11) is 0. The Morgan fingerprint density at radius 3 is 1.03 bits per heavy atom. The molecule has 0 aliphatic rings. The van der Waals surface area contributed by atoms with Gasteiger partial charge in [0, 0.05) is 17.1 Å². The van der Waals surface area contributed by atoms with Crippen LogP contribution < -0.4 is 17.2 Å². The zero-order chi connectivity index (χ0) is 22.4. The molecule has 0 saturated heterocycles. The Morgan fingerprint density at radius 2 is 0.774 bits per heavy atom. The van der Waals surface area contributed by atoms with E-state index in [0.717, 1.165) is 0 Å². The van der Waals surface area contributed by atoms with Crippen molar-refractivity contribution >= 4 is 35.0 Å². The Labute approximate surface area is 176 Å². The summed E-state index contributed by atoms with van der Waals surface area (Å²) >= 11 is 0. The molecule has 3 aromatic carbocycles. The lowest BCUT2D eigenvalue weighted by molar-refractivity contribution is -0.449. The Hall–Kier alpha value is -4.57. The number of rotatable bonds is 6. The van der Waals surface area contributed by atoms with Crippen molar-refractivity contribution in [3.05, 3.63) is 89.5 Å². The van der Waals surface area contributed by atoms with E-state index in [0.29, 0.717) is 0 Å². The van der Waals surface area contributed by atoms with E-state index in [1.807, 2.05) is 0 Å². The summed E-state index contributed by atoms with van der Waals surface area (Å²) in [4.78, 5) is 52.2. The van der Waals surface area contributed by atoms with E-state index in [4.69, 9.17) is 31.7 Å². The highest BCUT2D eigenvalue weighted by Gasteiger charge is 2.27. The topological polar surface area (TPSA) is 160 Å². The van der Waals surface area contributed by atoms with E-state index in [1.54, 1.807) is 36.4 Å². The van der Waals surface area contributed by atoms with Gasteiger partial charge in [-0.25, -0.2) is 14.4 Å². The molecule has 0 atom stereocenters. The van der Waals surface area contributed by atoms with Gasteiger partial charge >= 0.3 is 17.9 Å². The van der Waals surface area contributed by atoms with Crippen LogP contribution in [-0.4, -0.2) is 23.3 Å². The van der Waals surface area contributed by atoms with Crippen molar-refractivity contribution in [1.29, 1.82) is 0 Å². The van der Waals surface area contributed by atoms with E-state index < -0.39 is 17.9 Å². The molecule has 0 heterocycles. The highest BCUT2D eigenvalue weighted by molar-refractivity contribution is 5.97. The molecule has 0 aromatic heterocycles. The number of carbonyl (C=O) groups is 3. The van der Waals surface area contributed by atoms with Crippen molar-refractivity contribution < 1.29 is 28.9 Å². The summed E-state index contributed by atoms with van der Waals surface area (Å²) in [6.45, 7) is 0. The minimum atomic E-state index is -1.04. The quantitative estimate of drug-likeness (QED) is 0.397. The van der Waals surface area contributed by atoms with Gasteiger partial charge in [-0.15, -0.1) is 0 Å². The van der Waals surface area contributed by atoms with Crippen LogP contribution in [0, 0.1) is 0 Å². The maximum atomic E-state index is 12.5. The number of anilines is 3. The molecule has 10 heteroatoms. The van der Waals surface area contributed by atoms with Gasteiger partial charge < -0.3 is 17.2 Å². The second-order valence-electron chi connectivity index (χ2n) is 6.12. The van der Waals surface area contributed by atoms with E-state index in [1.165, 1.54) is 36.4 Å². The first kappa shape index (κ1) is 21.1. The average molecular weight is 422 g/mol. The van der Waals surface area contributed by atoms with Gasteiger partial charge in [-0.3, -0.25) is 14.5 Å². The summed E-state index contributed by atoms with van der Waals surface area (Å²) in [5.41, 5.74) is 17.4. The first-order chi connectivity index (χ1) is 14.9. The number of carbonyl (C=O) groups excluding carboxylic acids is 3. The number of hydrogen-bond acceptors (Lipinski definition) is 10. The Bertz CT molecular complexity index is 993. The molecule has 0 saturated carbocycles. The number of nitrogen functional groups attached to an aromatic ring is 3. The molecule has 0 aliphatic heterocycles. The minimum absolute atomic E-state index is 0.0156. The van der Waals surface area contributed by atoms with Gasteiger partial charge in [-0.1, -0.05) is 36.4 Å². The molecule has 3 rings (SSSR count). The van der Waals surface area contributed by atoms with Crippen molar-refractivity contribution in [2.75, 3.05) is 17.2 Å². The van der Waals surface area contributed by atoms with E-state index in [9.17, 15) is 14.4 Å². The predicted octanol–water partition coefficient (Wildman–Crippen LogP) is 2.35. The maximum Gasteiger partial charge on any atom is 0.366 e. The van der Waals surface area contributed by atoms with Gasteiger partial charge in [0.2, 0.25) is 5.39 Å². The fourth-order valence-electron chi connectivity index (χ4n) is 2.46. The smallest absolute Gasteiger partial charge is 0.366 e. The molecule has 0 bridgehead atoms.